The molecule has 0 aliphatic carbocycles. The second-order valence-electron chi connectivity index (χ2n) is 4.52. The molecule has 1 saturated heterocycles. The highest BCUT2D eigenvalue weighted by atomic mass is 127. The van der Waals surface area contributed by atoms with E-state index in [1.165, 1.54) is 9.13 Å². The number of piperazine rings is 1. The molecule has 1 aliphatic rings. The van der Waals surface area contributed by atoms with Crippen molar-refractivity contribution in [1.82, 2.24) is 10.2 Å². The van der Waals surface area contributed by atoms with E-state index in [0.29, 0.717) is 6.54 Å². The number of carboxylic acids is 1. The largest absolute Gasteiger partial charge is 0.480 e. The molecule has 0 amide bonds. The Morgan fingerprint density at radius 2 is 2.17 bits per heavy atom. The minimum Gasteiger partial charge on any atom is -0.480 e. The minimum absolute atomic E-state index is 0.130. The fourth-order valence-corrected chi connectivity index (χ4v) is 2.71. The van der Waals surface area contributed by atoms with Gasteiger partial charge in [0, 0.05) is 29.2 Å². The van der Waals surface area contributed by atoms with E-state index >= 15 is 0 Å². The highest BCUT2D eigenvalue weighted by molar-refractivity contribution is 14.1. The lowest BCUT2D eigenvalue weighted by Crippen LogP contribution is -2.55. The molecule has 4 nitrogen and oxygen atoms in total. The van der Waals surface area contributed by atoms with Crippen LogP contribution in [0.3, 0.4) is 0 Å². The molecule has 2 rings (SSSR count). The average molecular weight is 360 g/mol. The Bertz CT molecular complexity index is 422. The number of rotatable bonds is 3. The first-order valence-electron chi connectivity index (χ1n) is 6.04. The fourth-order valence-electron chi connectivity index (χ4n) is 2.35. The van der Waals surface area contributed by atoms with Crippen LogP contribution in [0, 0.1) is 3.57 Å². The summed E-state index contributed by atoms with van der Waals surface area (Å²) < 4.78 is 1.19. The summed E-state index contributed by atoms with van der Waals surface area (Å²) in [7, 11) is 0. The smallest absolute Gasteiger partial charge is 0.322 e. The molecule has 1 aromatic carbocycles. The maximum atomic E-state index is 11.3. The Balaban J connectivity index is 2.17. The monoisotopic (exact) mass is 360 g/mol. The van der Waals surface area contributed by atoms with Gasteiger partial charge in [0.25, 0.3) is 0 Å². The first kappa shape index (κ1) is 13.8. The van der Waals surface area contributed by atoms with Gasteiger partial charge in [-0.15, -0.1) is 0 Å². The van der Waals surface area contributed by atoms with Crippen LogP contribution in [0.25, 0.3) is 0 Å². The molecule has 0 bridgehead atoms. The molecule has 1 aromatic rings. The van der Waals surface area contributed by atoms with Crippen molar-refractivity contribution in [2.24, 2.45) is 0 Å². The second kappa shape index (κ2) is 5.99. The molecule has 0 aromatic heterocycles. The first-order chi connectivity index (χ1) is 8.59. The molecule has 0 radical (unpaired) electrons. The van der Waals surface area contributed by atoms with Crippen LogP contribution in [-0.4, -0.2) is 41.7 Å². The average Bonchev–Trinajstić information content (AvgIpc) is 2.39. The summed E-state index contributed by atoms with van der Waals surface area (Å²) in [6.07, 6.45) is 0. The lowest BCUT2D eigenvalue weighted by atomic mass is 10.0. The SMILES string of the molecule is CC(c1ccc(I)cc1)N1CCNCC1C(=O)O. The van der Waals surface area contributed by atoms with Gasteiger partial charge in [0.15, 0.2) is 0 Å². The Kier molecular flexibility index (Phi) is 4.58. The van der Waals surface area contributed by atoms with Gasteiger partial charge in [-0.2, -0.15) is 0 Å². The number of halogens is 1. The molecule has 18 heavy (non-hydrogen) atoms. The highest BCUT2D eigenvalue weighted by Gasteiger charge is 2.31. The normalized spacial score (nSPS) is 22.7. The van der Waals surface area contributed by atoms with E-state index in [4.69, 9.17) is 0 Å². The molecular weight excluding hydrogens is 343 g/mol. The third-order valence-corrected chi connectivity index (χ3v) is 4.14. The van der Waals surface area contributed by atoms with Gasteiger partial charge in [-0.1, -0.05) is 12.1 Å². The van der Waals surface area contributed by atoms with Crippen LogP contribution in [-0.2, 0) is 4.79 Å². The van der Waals surface area contributed by atoms with E-state index in [1.54, 1.807) is 0 Å². The van der Waals surface area contributed by atoms with Crippen molar-refractivity contribution in [3.63, 3.8) is 0 Å². The lowest BCUT2D eigenvalue weighted by molar-refractivity contribution is -0.145. The van der Waals surface area contributed by atoms with Crippen molar-refractivity contribution < 1.29 is 9.90 Å². The zero-order chi connectivity index (χ0) is 13.1. The summed E-state index contributed by atoms with van der Waals surface area (Å²) >= 11 is 2.27. The molecule has 2 atom stereocenters. The molecule has 2 N–H and O–H groups in total. The van der Waals surface area contributed by atoms with Crippen LogP contribution in [0.2, 0.25) is 0 Å². The topological polar surface area (TPSA) is 52.6 Å². The fraction of sp³-hybridized carbons (Fsp3) is 0.462. The van der Waals surface area contributed by atoms with E-state index < -0.39 is 12.0 Å². The number of aliphatic carboxylic acids is 1. The maximum absolute atomic E-state index is 11.3. The van der Waals surface area contributed by atoms with E-state index in [2.05, 4.69) is 64.0 Å². The van der Waals surface area contributed by atoms with Crippen LogP contribution in [0.4, 0.5) is 0 Å². The molecule has 5 heteroatoms. The van der Waals surface area contributed by atoms with Gasteiger partial charge in [-0.05, 0) is 47.2 Å². The predicted octanol–water partition coefficient (Wildman–Crippen LogP) is 1.71. The van der Waals surface area contributed by atoms with Crippen molar-refractivity contribution in [1.29, 1.82) is 0 Å². The third-order valence-electron chi connectivity index (χ3n) is 3.42. The third kappa shape index (κ3) is 3.02. The summed E-state index contributed by atoms with van der Waals surface area (Å²) in [5.74, 6) is -0.750. The summed E-state index contributed by atoms with van der Waals surface area (Å²) in [6.45, 7) is 4.20. The molecule has 1 aliphatic heterocycles. The zero-order valence-corrected chi connectivity index (χ0v) is 12.4. The molecule has 98 valence electrons. The molecule has 1 fully saturated rings. The van der Waals surface area contributed by atoms with Crippen LogP contribution in [0.5, 0.6) is 0 Å². The molecule has 0 spiro atoms. The summed E-state index contributed by atoms with van der Waals surface area (Å²) in [6, 6.07) is 7.97. The maximum Gasteiger partial charge on any atom is 0.322 e. The quantitative estimate of drug-likeness (QED) is 0.806. The van der Waals surface area contributed by atoms with E-state index in [-0.39, 0.29) is 6.04 Å². The number of carboxylic acid groups (broad SMARTS) is 1. The summed E-state index contributed by atoms with van der Waals surface area (Å²) in [4.78, 5) is 13.3. The van der Waals surface area contributed by atoms with Crippen LogP contribution >= 0.6 is 22.6 Å². The van der Waals surface area contributed by atoms with Gasteiger partial charge in [0.1, 0.15) is 6.04 Å². The number of hydrogen-bond donors (Lipinski definition) is 2. The van der Waals surface area contributed by atoms with Crippen LogP contribution in [0.1, 0.15) is 18.5 Å². The van der Waals surface area contributed by atoms with Crippen molar-refractivity contribution in [2.45, 2.75) is 19.0 Å². The van der Waals surface area contributed by atoms with E-state index in [1.807, 2.05) is 0 Å². The van der Waals surface area contributed by atoms with Crippen molar-refractivity contribution in [2.75, 3.05) is 19.6 Å². The van der Waals surface area contributed by atoms with Crippen molar-refractivity contribution >= 4 is 28.6 Å². The van der Waals surface area contributed by atoms with Crippen molar-refractivity contribution in [3.8, 4) is 0 Å². The highest BCUT2D eigenvalue weighted by Crippen LogP contribution is 2.24. The van der Waals surface area contributed by atoms with Gasteiger partial charge >= 0.3 is 5.97 Å². The zero-order valence-electron chi connectivity index (χ0n) is 10.3. The van der Waals surface area contributed by atoms with Crippen LogP contribution < -0.4 is 5.32 Å². The number of nitrogens with zero attached hydrogens (tertiary/aromatic N) is 1. The van der Waals surface area contributed by atoms with Gasteiger partial charge < -0.3 is 10.4 Å². The minimum atomic E-state index is -0.750. The Morgan fingerprint density at radius 3 is 2.78 bits per heavy atom. The van der Waals surface area contributed by atoms with Gasteiger partial charge in [0.05, 0.1) is 0 Å². The Hall–Kier alpha value is -0.660. The number of benzene rings is 1. The number of hydrogen-bond acceptors (Lipinski definition) is 3. The number of nitrogens with one attached hydrogen (secondary N) is 1. The number of carbonyl (C=O) groups is 1. The van der Waals surface area contributed by atoms with Crippen molar-refractivity contribution in [3.05, 3.63) is 33.4 Å². The lowest BCUT2D eigenvalue weighted by Gasteiger charge is -2.38. The standard InChI is InChI=1S/C13H17IN2O2/c1-9(10-2-4-11(14)5-3-10)16-7-6-15-8-12(16)13(17)18/h2-5,9,12,15H,6-8H2,1H3,(H,17,18). The predicted molar refractivity (Wildman–Crippen MR) is 78.6 cm³/mol. The summed E-state index contributed by atoms with van der Waals surface area (Å²) in [5.41, 5.74) is 1.17. The second-order valence-corrected chi connectivity index (χ2v) is 5.77. The molecule has 2 unspecified atom stereocenters. The van der Waals surface area contributed by atoms with Gasteiger partial charge in [0.2, 0.25) is 0 Å². The van der Waals surface area contributed by atoms with Gasteiger partial charge in [-0.3, -0.25) is 9.69 Å². The Morgan fingerprint density at radius 1 is 1.50 bits per heavy atom. The van der Waals surface area contributed by atoms with Crippen LogP contribution in [0.15, 0.2) is 24.3 Å². The van der Waals surface area contributed by atoms with E-state index in [9.17, 15) is 9.90 Å². The summed E-state index contributed by atoms with van der Waals surface area (Å²) in [5, 5.41) is 12.4. The molecule has 1 heterocycles. The Labute approximate surface area is 121 Å². The first-order valence-corrected chi connectivity index (χ1v) is 7.12. The van der Waals surface area contributed by atoms with Gasteiger partial charge in [-0.25, -0.2) is 0 Å². The van der Waals surface area contributed by atoms with E-state index in [0.717, 1.165) is 13.1 Å². The molecular formula is C13H17IN2O2. The molecule has 0 saturated carbocycles.